The van der Waals surface area contributed by atoms with Crippen LogP contribution >= 0.6 is 0 Å². The number of nitrogens with zero attached hydrogens (tertiary/aromatic N) is 1. The van der Waals surface area contributed by atoms with Crippen LogP contribution < -0.4 is 0 Å². The van der Waals surface area contributed by atoms with Crippen molar-refractivity contribution in [3.8, 4) is 6.07 Å². The van der Waals surface area contributed by atoms with Crippen molar-refractivity contribution in [2.24, 2.45) is 0 Å². The first-order valence-electron chi connectivity index (χ1n) is 3.89. The van der Waals surface area contributed by atoms with Crippen molar-refractivity contribution in [3.05, 3.63) is 11.6 Å². The summed E-state index contributed by atoms with van der Waals surface area (Å²) in [7, 11) is 2.47. The SMILES string of the molecule is COC(=O)CC/C(=C\C#N)C(=O)OC. The first-order chi connectivity index (χ1) is 6.65. The molecule has 0 radical (unpaired) electrons. The molecule has 0 saturated heterocycles. The van der Waals surface area contributed by atoms with E-state index >= 15 is 0 Å². The fourth-order valence-corrected chi connectivity index (χ4v) is 0.781. The van der Waals surface area contributed by atoms with E-state index in [4.69, 9.17) is 5.26 Å². The zero-order valence-electron chi connectivity index (χ0n) is 8.07. The van der Waals surface area contributed by atoms with Gasteiger partial charge in [0.1, 0.15) is 0 Å². The van der Waals surface area contributed by atoms with Gasteiger partial charge in [0.2, 0.25) is 0 Å². The summed E-state index contributed by atoms with van der Waals surface area (Å²) in [6.07, 6.45) is 1.26. The smallest absolute Gasteiger partial charge is 0.334 e. The lowest BCUT2D eigenvalue weighted by molar-refractivity contribution is -0.140. The van der Waals surface area contributed by atoms with Gasteiger partial charge in [0.25, 0.3) is 0 Å². The fraction of sp³-hybridized carbons (Fsp3) is 0.444. The molecule has 14 heavy (non-hydrogen) atoms. The van der Waals surface area contributed by atoms with E-state index in [1.54, 1.807) is 6.07 Å². The minimum absolute atomic E-state index is 0.0547. The first kappa shape index (κ1) is 12.2. The largest absolute Gasteiger partial charge is 0.469 e. The zero-order chi connectivity index (χ0) is 11.0. The molecule has 0 aromatic heterocycles. The van der Waals surface area contributed by atoms with Crippen LogP contribution in [0.2, 0.25) is 0 Å². The van der Waals surface area contributed by atoms with E-state index in [1.165, 1.54) is 14.2 Å². The number of nitriles is 1. The zero-order valence-corrected chi connectivity index (χ0v) is 8.07. The van der Waals surface area contributed by atoms with Gasteiger partial charge in [-0.2, -0.15) is 5.26 Å². The Balaban J connectivity index is 4.28. The van der Waals surface area contributed by atoms with Gasteiger partial charge in [-0.25, -0.2) is 4.79 Å². The van der Waals surface area contributed by atoms with Gasteiger partial charge in [0.05, 0.1) is 20.3 Å². The summed E-state index contributed by atoms with van der Waals surface area (Å²) in [5.74, 6) is -1.03. The lowest BCUT2D eigenvalue weighted by Gasteiger charge is -2.02. The van der Waals surface area contributed by atoms with Gasteiger partial charge in [0.15, 0.2) is 0 Å². The molecule has 0 aliphatic heterocycles. The van der Waals surface area contributed by atoms with Crippen molar-refractivity contribution < 1.29 is 19.1 Å². The fourth-order valence-electron chi connectivity index (χ4n) is 0.781. The molecular weight excluding hydrogens is 186 g/mol. The molecule has 0 amide bonds. The average molecular weight is 197 g/mol. The quantitative estimate of drug-likeness (QED) is 0.374. The van der Waals surface area contributed by atoms with Gasteiger partial charge >= 0.3 is 11.9 Å². The molecule has 0 unspecified atom stereocenters. The van der Waals surface area contributed by atoms with E-state index in [0.29, 0.717) is 0 Å². The van der Waals surface area contributed by atoms with E-state index in [0.717, 1.165) is 6.08 Å². The monoisotopic (exact) mass is 197 g/mol. The van der Waals surface area contributed by atoms with Crippen LogP contribution in [0.5, 0.6) is 0 Å². The van der Waals surface area contributed by atoms with Crippen LogP contribution in [-0.4, -0.2) is 26.2 Å². The van der Waals surface area contributed by atoms with Crippen molar-refractivity contribution >= 4 is 11.9 Å². The molecule has 0 aliphatic rings. The number of hydrogen-bond acceptors (Lipinski definition) is 5. The van der Waals surface area contributed by atoms with Gasteiger partial charge in [-0.1, -0.05) is 0 Å². The van der Waals surface area contributed by atoms with Crippen LogP contribution in [0, 0.1) is 11.3 Å². The molecule has 0 rings (SSSR count). The lowest BCUT2D eigenvalue weighted by Crippen LogP contribution is -2.08. The molecule has 0 spiro atoms. The Kier molecular flexibility index (Phi) is 5.79. The number of rotatable bonds is 4. The second-order valence-corrected chi connectivity index (χ2v) is 2.37. The van der Waals surface area contributed by atoms with E-state index in [9.17, 15) is 9.59 Å². The van der Waals surface area contributed by atoms with E-state index in [-0.39, 0.29) is 18.4 Å². The maximum atomic E-state index is 11.0. The second kappa shape index (κ2) is 6.66. The molecule has 5 heteroatoms. The molecule has 0 aliphatic carbocycles. The number of carbonyl (C=O) groups is 2. The molecule has 0 N–H and O–H groups in total. The highest BCUT2D eigenvalue weighted by Crippen LogP contribution is 2.07. The first-order valence-corrected chi connectivity index (χ1v) is 3.89. The highest BCUT2D eigenvalue weighted by molar-refractivity contribution is 5.89. The minimum Gasteiger partial charge on any atom is -0.469 e. The molecule has 0 saturated carbocycles. The highest BCUT2D eigenvalue weighted by atomic mass is 16.5. The van der Waals surface area contributed by atoms with Gasteiger partial charge in [-0.05, 0) is 6.42 Å². The van der Waals surface area contributed by atoms with Crippen LogP contribution in [-0.2, 0) is 19.1 Å². The third-order valence-corrected chi connectivity index (χ3v) is 1.51. The van der Waals surface area contributed by atoms with Crippen molar-refractivity contribution in [1.82, 2.24) is 0 Å². The Hall–Kier alpha value is -1.83. The highest BCUT2D eigenvalue weighted by Gasteiger charge is 2.11. The molecule has 0 heterocycles. The lowest BCUT2D eigenvalue weighted by atomic mass is 10.1. The summed E-state index contributed by atoms with van der Waals surface area (Å²) in [5, 5.41) is 8.35. The normalized spacial score (nSPS) is 10.2. The second-order valence-electron chi connectivity index (χ2n) is 2.37. The number of esters is 2. The topological polar surface area (TPSA) is 76.4 Å². The molecule has 5 nitrogen and oxygen atoms in total. The Morgan fingerprint density at radius 3 is 2.36 bits per heavy atom. The third kappa shape index (κ3) is 4.26. The maximum Gasteiger partial charge on any atom is 0.334 e. The number of ether oxygens (including phenoxy) is 2. The molecule has 0 bridgehead atoms. The summed E-state index contributed by atoms with van der Waals surface area (Å²) in [6, 6.07) is 1.71. The average Bonchev–Trinajstić information content (AvgIpc) is 2.22. The van der Waals surface area contributed by atoms with Crippen LogP contribution in [0.25, 0.3) is 0 Å². The Morgan fingerprint density at radius 1 is 1.29 bits per heavy atom. The number of carbonyl (C=O) groups excluding carboxylic acids is 2. The maximum absolute atomic E-state index is 11.0. The number of hydrogen-bond donors (Lipinski definition) is 0. The summed E-state index contributed by atoms with van der Waals surface area (Å²) < 4.78 is 8.81. The van der Waals surface area contributed by atoms with Gasteiger partial charge < -0.3 is 9.47 Å². The van der Waals surface area contributed by atoms with Crippen LogP contribution in [0.1, 0.15) is 12.8 Å². The van der Waals surface area contributed by atoms with E-state index in [1.807, 2.05) is 0 Å². The van der Waals surface area contributed by atoms with E-state index < -0.39 is 11.9 Å². The van der Waals surface area contributed by atoms with Gasteiger partial charge in [0, 0.05) is 18.1 Å². The summed E-state index contributed by atoms with van der Waals surface area (Å²) in [6.45, 7) is 0. The van der Waals surface area contributed by atoms with Crippen molar-refractivity contribution in [2.75, 3.05) is 14.2 Å². The van der Waals surface area contributed by atoms with E-state index in [2.05, 4.69) is 9.47 Å². The van der Waals surface area contributed by atoms with Crippen LogP contribution in [0.15, 0.2) is 11.6 Å². The number of allylic oxidation sites excluding steroid dienone is 1. The van der Waals surface area contributed by atoms with Crippen LogP contribution in [0.3, 0.4) is 0 Å². The third-order valence-electron chi connectivity index (χ3n) is 1.51. The Morgan fingerprint density at radius 2 is 1.93 bits per heavy atom. The molecule has 0 aromatic carbocycles. The Labute approximate surface area is 81.9 Å². The van der Waals surface area contributed by atoms with Crippen molar-refractivity contribution in [2.45, 2.75) is 12.8 Å². The molecule has 0 atom stereocenters. The molecule has 0 aromatic rings. The van der Waals surface area contributed by atoms with Crippen molar-refractivity contribution in [3.63, 3.8) is 0 Å². The summed E-state index contributed by atoms with van der Waals surface area (Å²) in [5.41, 5.74) is 0.167. The Bertz CT molecular complexity index is 288. The van der Waals surface area contributed by atoms with Gasteiger partial charge in [-0.3, -0.25) is 4.79 Å². The van der Waals surface area contributed by atoms with Crippen molar-refractivity contribution in [1.29, 1.82) is 5.26 Å². The number of methoxy groups -OCH3 is 2. The molecule has 0 fully saturated rings. The molecular formula is C9H11NO4. The summed E-state index contributed by atoms with van der Waals surface area (Å²) in [4.78, 5) is 21.8. The van der Waals surface area contributed by atoms with Crippen LogP contribution in [0.4, 0.5) is 0 Å². The molecule has 76 valence electrons. The minimum atomic E-state index is -0.601. The predicted molar refractivity (Wildman–Crippen MR) is 47.0 cm³/mol. The predicted octanol–water partition coefficient (Wildman–Crippen LogP) is 0.563. The standard InChI is InChI=1S/C9H11NO4/c1-13-8(11)4-3-7(5-6-10)9(12)14-2/h5H,3-4H2,1-2H3/b7-5+. The van der Waals surface area contributed by atoms with Gasteiger partial charge in [-0.15, -0.1) is 0 Å². The summed E-state index contributed by atoms with van der Waals surface area (Å²) >= 11 is 0.